The van der Waals surface area contributed by atoms with Crippen molar-refractivity contribution in [3.8, 4) is 6.07 Å². The summed E-state index contributed by atoms with van der Waals surface area (Å²) in [5.41, 5.74) is 3.75. The summed E-state index contributed by atoms with van der Waals surface area (Å²) in [7, 11) is 0. The number of hydrogen-bond acceptors (Lipinski definition) is 3. The largest absolute Gasteiger partial charge is 0.365 e. The fraction of sp³-hybridized carbons (Fsp3) is 0.571. The van der Waals surface area contributed by atoms with E-state index >= 15 is 0 Å². The zero-order chi connectivity index (χ0) is 12.6. The zero-order valence-electron chi connectivity index (χ0n) is 11.0. The van der Waals surface area contributed by atoms with Crippen LogP contribution in [-0.2, 0) is 0 Å². The first-order valence-electron chi connectivity index (χ1n) is 6.12. The van der Waals surface area contributed by atoms with Gasteiger partial charge in [0.25, 0.3) is 0 Å². The Morgan fingerprint density at radius 2 is 2.12 bits per heavy atom. The van der Waals surface area contributed by atoms with Crippen molar-refractivity contribution in [2.24, 2.45) is 0 Å². The summed E-state index contributed by atoms with van der Waals surface area (Å²) in [6.45, 7) is 9.42. The summed E-state index contributed by atoms with van der Waals surface area (Å²) in [5, 5.41) is 9.30. The van der Waals surface area contributed by atoms with Crippen LogP contribution < -0.4 is 4.90 Å². The number of nitriles is 1. The van der Waals surface area contributed by atoms with E-state index in [2.05, 4.69) is 29.8 Å². The standard InChI is InChI=1S/C14H19N3/c1-10-8-13(12(9-15)11(2)16-10)17-7-5-6-14(17,3)4/h8H,5-7H2,1-4H3. The summed E-state index contributed by atoms with van der Waals surface area (Å²) in [4.78, 5) is 6.73. The van der Waals surface area contributed by atoms with E-state index in [-0.39, 0.29) is 5.54 Å². The second kappa shape index (κ2) is 4.03. The second-order valence-electron chi connectivity index (χ2n) is 5.42. The van der Waals surface area contributed by atoms with Crippen molar-refractivity contribution in [2.45, 2.75) is 46.1 Å². The van der Waals surface area contributed by atoms with Crippen molar-refractivity contribution in [3.63, 3.8) is 0 Å². The van der Waals surface area contributed by atoms with Crippen molar-refractivity contribution in [2.75, 3.05) is 11.4 Å². The van der Waals surface area contributed by atoms with Crippen LogP contribution in [0.2, 0.25) is 0 Å². The van der Waals surface area contributed by atoms with Gasteiger partial charge in [-0.3, -0.25) is 4.98 Å². The monoisotopic (exact) mass is 229 g/mol. The van der Waals surface area contributed by atoms with Gasteiger partial charge in [0.05, 0.1) is 16.9 Å². The zero-order valence-corrected chi connectivity index (χ0v) is 11.0. The lowest BCUT2D eigenvalue weighted by Crippen LogP contribution is -2.38. The van der Waals surface area contributed by atoms with E-state index < -0.39 is 0 Å². The van der Waals surface area contributed by atoms with Crippen molar-refractivity contribution in [3.05, 3.63) is 23.0 Å². The van der Waals surface area contributed by atoms with Crippen LogP contribution in [0.3, 0.4) is 0 Å². The average Bonchev–Trinajstić information content (AvgIpc) is 2.57. The van der Waals surface area contributed by atoms with Crippen molar-refractivity contribution < 1.29 is 0 Å². The van der Waals surface area contributed by atoms with E-state index in [0.29, 0.717) is 0 Å². The molecule has 0 unspecified atom stereocenters. The minimum absolute atomic E-state index is 0.145. The lowest BCUT2D eigenvalue weighted by molar-refractivity contribution is 0.517. The number of hydrogen-bond donors (Lipinski definition) is 0. The Morgan fingerprint density at radius 1 is 1.41 bits per heavy atom. The predicted molar refractivity (Wildman–Crippen MR) is 69.1 cm³/mol. The highest BCUT2D eigenvalue weighted by molar-refractivity contribution is 5.63. The van der Waals surface area contributed by atoms with Crippen LogP contribution in [0, 0.1) is 25.2 Å². The van der Waals surface area contributed by atoms with E-state index in [0.717, 1.165) is 29.2 Å². The Hall–Kier alpha value is -1.56. The maximum absolute atomic E-state index is 9.30. The molecule has 90 valence electrons. The molecule has 3 nitrogen and oxygen atoms in total. The third-order valence-electron chi connectivity index (χ3n) is 3.61. The van der Waals surface area contributed by atoms with Gasteiger partial charge in [-0.1, -0.05) is 0 Å². The second-order valence-corrected chi connectivity index (χ2v) is 5.42. The molecule has 0 radical (unpaired) electrons. The molecule has 0 saturated carbocycles. The molecular formula is C14H19N3. The van der Waals surface area contributed by atoms with Gasteiger partial charge in [-0.25, -0.2) is 0 Å². The number of rotatable bonds is 1. The Labute approximate surface area is 103 Å². The van der Waals surface area contributed by atoms with E-state index in [1.54, 1.807) is 0 Å². The maximum Gasteiger partial charge on any atom is 0.103 e. The topological polar surface area (TPSA) is 39.9 Å². The Morgan fingerprint density at radius 3 is 2.65 bits per heavy atom. The number of nitrogens with zero attached hydrogens (tertiary/aromatic N) is 3. The van der Waals surface area contributed by atoms with Gasteiger partial charge in [0, 0.05) is 17.8 Å². The number of aromatic nitrogens is 1. The molecule has 0 aromatic carbocycles. The van der Waals surface area contributed by atoms with Gasteiger partial charge >= 0.3 is 0 Å². The molecule has 0 spiro atoms. The van der Waals surface area contributed by atoms with Crippen LogP contribution in [0.4, 0.5) is 5.69 Å². The summed E-state index contributed by atoms with van der Waals surface area (Å²) in [6.07, 6.45) is 2.37. The van der Waals surface area contributed by atoms with E-state index in [1.165, 1.54) is 12.8 Å². The van der Waals surface area contributed by atoms with Gasteiger partial charge in [0.2, 0.25) is 0 Å². The number of anilines is 1. The third kappa shape index (κ3) is 2.00. The lowest BCUT2D eigenvalue weighted by Gasteiger charge is -2.34. The van der Waals surface area contributed by atoms with Crippen LogP contribution in [0.15, 0.2) is 6.07 Å². The van der Waals surface area contributed by atoms with Gasteiger partial charge in [0.15, 0.2) is 0 Å². The predicted octanol–water partition coefficient (Wildman–Crippen LogP) is 2.95. The fourth-order valence-electron chi connectivity index (χ4n) is 2.71. The SMILES string of the molecule is Cc1cc(N2CCCC2(C)C)c(C#N)c(C)n1. The molecule has 0 N–H and O–H groups in total. The molecule has 1 aromatic heterocycles. The molecule has 2 heterocycles. The Kier molecular flexibility index (Phi) is 2.82. The highest BCUT2D eigenvalue weighted by atomic mass is 15.2. The van der Waals surface area contributed by atoms with Crippen LogP contribution in [-0.4, -0.2) is 17.1 Å². The first-order valence-corrected chi connectivity index (χ1v) is 6.12. The smallest absolute Gasteiger partial charge is 0.103 e. The highest BCUT2D eigenvalue weighted by Crippen LogP contribution is 2.36. The van der Waals surface area contributed by atoms with Crippen LogP contribution >= 0.6 is 0 Å². The Balaban J connectivity index is 2.56. The average molecular weight is 229 g/mol. The number of aryl methyl sites for hydroxylation is 2. The maximum atomic E-state index is 9.30. The first-order chi connectivity index (χ1) is 7.95. The summed E-state index contributed by atoms with van der Waals surface area (Å²) in [5.74, 6) is 0. The van der Waals surface area contributed by atoms with Crippen molar-refractivity contribution in [1.82, 2.24) is 4.98 Å². The molecule has 0 bridgehead atoms. The van der Waals surface area contributed by atoms with E-state index in [1.807, 2.05) is 19.9 Å². The quantitative estimate of drug-likeness (QED) is 0.743. The highest BCUT2D eigenvalue weighted by Gasteiger charge is 2.33. The minimum atomic E-state index is 0.145. The lowest BCUT2D eigenvalue weighted by atomic mass is 10.0. The van der Waals surface area contributed by atoms with Crippen molar-refractivity contribution in [1.29, 1.82) is 5.26 Å². The molecule has 1 aliphatic heterocycles. The molecule has 2 rings (SSSR count). The van der Waals surface area contributed by atoms with Gasteiger partial charge in [-0.2, -0.15) is 5.26 Å². The summed E-state index contributed by atoms with van der Waals surface area (Å²) in [6, 6.07) is 4.34. The molecule has 1 aliphatic rings. The third-order valence-corrected chi connectivity index (χ3v) is 3.61. The molecule has 0 aliphatic carbocycles. The summed E-state index contributed by atoms with van der Waals surface area (Å²) < 4.78 is 0. The van der Waals surface area contributed by atoms with Gasteiger partial charge in [-0.15, -0.1) is 0 Å². The molecule has 3 heteroatoms. The molecule has 0 amide bonds. The van der Waals surface area contributed by atoms with Gasteiger partial charge in [-0.05, 0) is 46.6 Å². The summed E-state index contributed by atoms with van der Waals surface area (Å²) >= 11 is 0. The van der Waals surface area contributed by atoms with E-state index in [4.69, 9.17) is 0 Å². The molecule has 0 atom stereocenters. The van der Waals surface area contributed by atoms with Crippen LogP contribution in [0.25, 0.3) is 0 Å². The van der Waals surface area contributed by atoms with E-state index in [9.17, 15) is 5.26 Å². The minimum Gasteiger partial charge on any atom is -0.365 e. The van der Waals surface area contributed by atoms with Gasteiger partial charge in [0.1, 0.15) is 6.07 Å². The molecule has 17 heavy (non-hydrogen) atoms. The molecule has 1 aromatic rings. The van der Waals surface area contributed by atoms with Crippen LogP contribution in [0.1, 0.15) is 43.6 Å². The van der Waals surface area contributed by atoms with Crippen molar-refractivity contribution >= 4 is 5.69 Å². The normalized spacial score (nSPS) is 18.2. The van der Waals surface area contributed by atoms with Crippen LogP contribution in [0.5, 0.6) is 0 Å². The fourth-order valence-corrected chi connectivity index (χ4v) is 2.71. The molecular weight excluding hydrogens is 210 g/mol. The number of pyridine rings is 1. The van der Waals surface area contributed by atoms with Gasteiger partial charge < -0.3 is 4.90 Å². The molecule has 1 saturated heterocycles. The first kappa shape index (κ1) is 11.9. The Bertz CT molecular complexity index is 483. The molecule has 1 fully saturated rings.